The van der Waals surface area contributed by atoms with E-state index < -0.39 is 5.54 Å². The molecule has 2 atom stereocenters. The summed E-state index contributed by atoms with van der Waals surface area (Å²) in [5, 5.41) is 4.24. The number of aromatic nitrogens is 2. The van der Waals surface area contributed by atoms with Crippen molar-refractivity contribution in [2.24, 2.45) is 11.1 Å². The minimum Gasteiger partial charge on any atom is -0.391 e. The first kappa shape index (κ1) is 23.0. The van der Waals surface area contributed by atoms with Gasteiger partial charge in [-0.3, -0.25) is 0 Å². The van der Waals surface area contributed by atoms with Crippen molar-refractivity contribution in [1.82, 2.24) is 9.55 Å². The molecule has 4 aromatic carbocycles. The molecule has 0 amide bonds. The molecule has 37 heavy (non-hydrogen) atoms. The topological polar surface area (TPSA) is 39.4 Å². The van der Waals surface area contributed by atoms with E-state index in [1.54, 1.807) is 0 Å². The number of hydrogen-bond donors (Lipinski definition) is 0. The second kappa shape index (κ2) is 10.3. The maximum absolute atomic E-state index is 5.53. The van der Waals surface area contributed by atoms with E-state index in [4.69, 9.17) is 9.82 Å². The lowest BCUT2D eigenvalue weighted by atomic mass is 9.77. The Morgan fingerprint density at radius 3 is 1.81 bits per heavy atom. The molecule has 6 rings (SSSR count). The highest BCUT2D eigenvalue weighted by Gasteiger charge is 2.42. The molecule has 1 heterocycles. The van der Waals surface area contributed by atoms with E-state index in [0.29, 0.717) is 18.4 Å². The molecule has 1 fully saturated rings. The Balaban J connectivity index is 1.31. The largest absolute Gasteiger partial charge is 0.391 e. The predicted molar refractivity (Wildman–Crippen MR) is 147 cm³/mol. The van der Waals surface area contributed by atoms with Crippen LogP contribution in [0.1, 0.15) is 40.3 Å². The molecular weight excluding hydrogens is 454 g/mol. The zero-order valence-electron chi connectivity index (χ0n) is 20.6. The van der Waals surface area contributed by atoms with Crippen LogP contribution >= 0.6 is 0 Å². The van der Waals surface area contributed by atoms with Gasteiger partial charge in [0.1, 0.15) is 12.1 Å². The summed E-state index contributed by atoms with van der Waals surface area (Å²) in [5.41, 5.74) is 5.25. The van der Waals surface area contributed by atoms with Gasteiger partial charge in [-0.05, 0) is 28.7 Å². The van der Waals surface area contributed by atoms with Gasteiger partial charge in [0.05, 0.1) is 12.0 Å². The molecule has 5 aromatic rings. The molecule has 1 aromatic heterocycles. The number of hydrogen-bond acceptors (Lipinski definition) is 3. The summed E-state index contributed by atoms with van der Waals surface area (Å²) >= 11 is 0. The molecule has 0 saturated heterocycles. The average Bonchev–Trinajstić information content (AvgIpc) is 3.58. The van der Waals surface area contributed by atoms with Crippen molar-refractivity contribution in [2.45, 2.75) is 24.5 Å². The van der Waals surface area contributed by atoms with Gasteiger partial charge in [-0.25, -0.2) is 4.98 Å². The molecule has 0 unspecified atom stereocenters. The van der Waals surface area contributed by atoms with E-state index in [1.807, 2.05) is 42.9 Å². The number of benzene rings is 4. The highest BCUT2D eigenvalue weighted by atomic mass is 16.6. The van der Waals surface area contributed by atoms with E-state index in [2.05, 4.69) is 107 Å². The van der Waals surface area contributed by atoms with Crippen molar-refractivity contribution in [3.8, 4) is 0 Å². The lowest BCUT2D eigenvalue weighted by Gasteiger charge is -2.37. The van der Waals surface area contributed by atoms with Gasteiger partial charge in [0, 0.05) is 24.2 Å². The van der Waals surface area contributed by atoms with E-state index in [1.165, 1.54) is 16.7 Å². The van der Waals surface area contributed by atoms with Crippen molar-refractivity contribution < 1.29 is 4.84 Å². The summed E-state index contributed by atoms with van der Waals surface area (Å²) in [6.45, 7) is 0.483. The van der Waals surface area contributed by atoms with Gasteiger partial charge in [0.2, 0.25) is 0 Å². The van der Waals surface area contributed by atoms with E-state index in [-0.39, 0.29) is 0 Å². The van der Waals surface area contributed by atoms with Crippen molar-refractivity contribution >= 4 is 6.21 Å². The number of imidazole rings is 1. The number of oxime groups is 1. The monoisotopic (exact) mass is 483 g/mol. The zero-order valence-corrected chi connectivity index (χ0v) is 20.6. The minimum absolute atomic E-state index is 0.346. The summed E-state index contributed by atoms with van der Waals surface area (Å²) < 4.78 is 2.28. The summed E-state index contributed by atoms with van der Waals surface area (Å²) in [5.74, 6) is 0.698. The Labute approximate surface area is 217 Å². The minimum atomic E-state index is -0.535. The first-order chi connectivity index (χ1) is 18.4. The summed E-state index contributed by atoms with van der Waals surface area (Å²) in [4.78, 5) is 10.4. The van der Waals surface area contributed by atoms with Gasteiger partial charge in [-0.1, -0.05) is 126 Å². The second-order valence-electron chi connectivity index (χ2n) is 9.53. The Morgan fingerprint density at radius 2 is 1.27 bits per heavy atom. The third-order valence-electron chi connectivity index (χ3n) is 7.19. The summed E-state index contributed by atoms with van der Waals surface area (Å²) in [6, 6.07) is 42.2. The fourth-order valence-electron chi connectivity index (χ4n) is 5.22. The first-order valence-electron chi connectivity index (χ1n) is 12.8. The molecule has 4 heteroatoms. The van der Waals surface area contributed by atoms with Crippen molar-refractivity contribution in [3.63, 3.8) is 0 Å². The highest BCUT2D eigenvalue weighted by molar-refractivity contribution is 5.66. The van der Waals surface area contributed by atoms with Gasteiger partial charge in [-0.15, -0.1) is 0 Å². The van der Waals surface area contributed by atoms with Crippen LogP contribution in [0.15, 0.2) is 139 Å². The SMILES string of the molecule is C(=N\OCc1ccccc1)/[C@H]1C[C@@H]1c1cn(C(c2ccccc2)(c2ccccc2)c2ccccc2)cn1. The van der Waals surface area contributed by atoms with Crippen LogP contribution < -0.4 is 0 Å². The Bertz CT molecular complexity index is 1350. The van der Waals surface area contributed by atoms with Crippen LogP contribution in [0.4, 0.5) is 0 Å². The van der Waals surface area contributed by atoms with Crippen LogP contribution in [0, 0.1) is 5.92 Å². The van der Waals surface area contributed by atoms with Crippen molar-refractivity contribution in [3.05, 3.63) is 162 Å². The van der Waals surface area contributed by atoms with Crippen molar-refractivity contribution in [2.75, 3.05) is 0 Å². The maximum Gasteiger partial charge on any atom is 0.142 e. The molecule has 182 valence electrons. The van der Waals surface area contributed by atoms with E-state index in [9.17, 15) is 0 Å². The summed E-state index contributed by atoms with van der Waals surface area (Å²) in [7, 11) is 0. The number of rotatable bonds is 9. The molecule has 0 bridgehead atoms. The van der Waals surface area contributed by atoms with Crippen LogP contribution in [-0.4, -0.2) is 15.8 Å². The van der Waals surface area contributed by atoms with E-state index >= 15 is 0 Å². The van der Waals surface area contributed by atoms with Crippen LogP contribution in [0.25, 0.3) is 0 Å². The highest BCUT2D eigenvalue weighted by Crippen LogP contribution is 2.47. The fraction of sp³-hybridized carbons (Fsp3) is 0.152. The molecule has 4 nitrogen and oxygen atoms in total. The zero-order chi connectivity index (χ0) is 24.9. The predicted octanol–water partition coefficient (Wildman–Crippen LogP) is 7.03. The standard InChI is InChI=1S/C33H29N3O/c1-5-13-26(14-6-1)24-37-35-22-27-21-31(27)32-23-36(25-34-32)33(28-15-7-2-8-16-28,29-17-9-3-10-18-29)30-19-11-4-12-20-30/h1-20,22-23,25,27,31H,21,24H2/b35-22+/t27-,31+/m1/s1. The quantitative estimate of drug-likeness (QED) is 0.128. The molecule has 0 aliphatic heterocycles. The Hall–Kier alpha value is -4.44. The second-order valence-corrected chi connectivity index (χ2v) is 9.53. The van der Waals surface area contributed by atoms with Gasteiger partial charge in [0.25, 0.3) is 0 Å². The third kappa shape index (κ3) is 4.58. The van der Waals surface area contributed by atoms with Gasteiger partial charge in [-0.2, -0.15) is 0 Å². The normalized spacial score (nSPS) is 17.1. The lowest BCUT2D eigenvalue weighted by molar-refractivity contribution is 0.131. The fourth-order valence-corrected chi connectivity index (χ4v) is 5.22. The maximum atomic E-state index is 5.53. The average molecular weight is 484 g/mol. The van der Waals surface area contributed by atoms with E-state index in [0.717, 1.165) is 17.7 Å². The van der Waals surface area contributed by atoms with Gasteiger partial charge < -0.3 is 9.40 Å². The molecule has 0 spiro atoms. The van der Waals surface area contributed by atoms with Crippen LogP contribution in [0.3, 0.4) is 0 Å². The Kier molecular flexibility index (Phi) is 6.38. The molecule has 1 aliphatic rings. The molecular formula is C33H29N3O. The molecule has 1 saturated carbocycles. The van der Waals surface area contributed by atoms with Gasteiger partial charge >= 0.3 is 0 Å². The van der Waals surface area contributed by atoms with Crippen molar-refractivity contribution in [1.29, 1.82) is 0 Å². The molecule has 1 aliphatic carbocycles. The molecule has 0 radical (unpaired) electrons. The summed E-state index contributed by atoms with van der Waals surface area (Å²) in [6.07, 6.45) is 7.17. The number of nitrogens with zero attached hydrogens (tertiary/aromatic N) is 3. The molecule has 0 N–H and O–H groups in total. The smallest absolute Gasteiger partial charge is 0.142 e. The third-order valence-corrected chi connectivity index (χ3v) is 7.19. The van der Waals surface area contributed by atoms with Crippen LogP contribution in [0.5, 0.6) is 0 Å². The lowest BCUT2D eigenvalue weighted by Crippen LogP contribution is -2.36. The van der Waals surface area contributed by atoms with Gasteiger partial charge in [0.15, 0.2) is 0 Å². The van der Waals surface area contributed by atoms with Crippen LogP contribution in [-0.2, 0) is 17.0 Å². The first-order valence-corrected chi connectivity index (χ1v) is 12.8. The Morgan fingerprint density at radius 1 is 0.757 bits per heavy atom. The van der Waals surface area contributed by atoms with Crippen LogP contribution in [0.2, 0.25) is 0 Å².